The number of carbonyl (C=O) groups excluding carboxylic acids is 1. The minimum Gasteiger partial charge on any atom is -0.390 e. The molecule has 0 aromatic heterocycles. The molecule has 3 aliphatic rings. The third-order valence-corrected chi connectivity index (χ3v) is 10.9. The maximum absolute atomic E-state index is 12.5. The van der Waals surface area contributed by atoms with E-state index in [-0.39, 0.29) is 29.9 Å². The smallest absolute Gasteiger partial charge is 0.349 e. The predicted octanol–water partition coefficient (Wildman–Crippen LogP) is -0.340. The van der Waals surface area contributed by atoms with Crippen LogP contribution < -0.4 is 39.5 Å². The first-order valence-corrected chi connectivity index (χ1v) is 19.6. The number of nitrogens with zero attached hydrogens (tertiary/aromatic N) is 3. The number of aryl methyl sites for hydroxylation is 3. The lowest BCUT2D eigenvalue weighted by Crippen LogP contribution is -2.64. The predicted molar refractivity (Wildman–Crippen MR) is 209 cm³/mol. The number of carbonyl (C=O) groups is 1. The number of unbranched alkanes of at least 4 members (excludes halogenated alkanes) is 5. The van der Waals surface area contributed by atoms with E-state index >= 15 is 0 Å². The van der Waals surface area contributed by atoms with E-state index in [1.165, 1.54) is 0 Å². The van der Waals surface area contributed by atoms with Gasteiger partial charge in [-0.15, -0.1) is 0 Å². The number of benzene rings is 1. The van der Waals surface area contributed by atoms with Gasteiger partial charge < -0.3 is 57.6 Å². The molecular formula is C38H63N9O8. The van der Waals surface area contributed by atoms with Gasteiger partial charge in [-0.25, -0.2) is 9.78 Å². The van der Waals surface area contributed by atoms with Crippen molar-refractivity contribution in [3.8, 4) is 11.5 Å². The monoisotopic (exact) mass is 773 g/mol. The zero-order valence-corrected chi connectivity index (χ0v) is 32.7. The first-order valence-electron chi connectivity index (χ1n) is 19.6. The summed E-state index contributed by atoms with van der Waals surface area (Å²) in [7, 11) is 0. The summed E-state index contributed by atoms with van der Waals surface area (Å²) < 4.78 is 14.1. The first kappa shape index (κ1) is 44.3. The maximum atomic E-state index is 12.5. The fraction of sp³-hybridized carbons (Fsp3) is 0.711. The average molecular weight is 774 g/mol. The van der Waals surface area contributed by atoms with Crippen molar-refractivity contribution in [2.45, 2.75) is 147 Å². The van der Waals surface area contributed by atoms with Crippen LogP contribution in [0.3, 0.4) is 0 Å². The second-order valence-electron chi connectivity index (χ2n) is 15.3. The molecule has 1 aliphatic carbocycles. The lowest BCUT2D eigenvalue weighted by atomic mass is 9.84. The molecule has 308 valence electrons. The number of hydrogen-bond acceptors (Lipinski definition) is 14. The topological polar surface area (TPSA) is 293 Å². The van der Waals surface area contributed by atoms with Crippen molar-refractivity contribution in [2.24, 2.45) is 28.9 Å². The van der Waals surface area contributed by atoms with Gasteiger partial charge in [-0.3, -0.25) is 14.6 Å². The lowest BCUT2D eigenvalue weighted by molar-refractivity contribution is -0.177. The van der Waals surface area contributed by atoms with Crippen LogP contribution in [-0.2, 0) is 20.8 Å². The molecule has 17 nitrogen and oxygen atoms in total. The number of aromatic amines is 1. The van der Waals surface area contributed by atoms with Crippen LogP contribution in [0.15, 0.2) is 21.7 Å². The van der Waals surface area contributed by atoms with Gasteiger partial charge in [-0.2, -0.15) is 4.98 Å². The molecule has 0 radical (unpaired) electrons. The third-order valence-electron chi connectivity index (χ3n) is 10.9. The zero-order chi connectivity index (χ0) is 40.4. The lowest BCUT2D eigenvalue weighted by Gasteiger charge is -2.44. The number of aliphatic hydroxyl groups excluding tert-OH is 3. The third kappa shape index (κ3) is 11.6. The van der Waals surface area contributed by atoms with E-state index in [0.29, 0.717) is 50.9 Å². The van der Waals surface area contributed by atoms with E-state index in [1.807, 2.05) is 30.5 Å². The minimum absolute atomic E-state index is 0.0130. The average Bonchev–Trinajstić information content (AvgIpc) is 3.14. The minimum atomic E-state index is -1.27. The second-order valence-corrected chi connectivity index (χ2v) is 15.3. The Morgan fingerprint density at radius 2 is 1.67 bits per heavy atom. The highest BCUT2D eigenvalue weighted by Gasteiger charge is 2.45. The van der Waals surface area contributed by atoms with Gasteiger partial charge in [-0.05, 0) is 88.6 Å². The molecule has 2 aliphatic heterocycles. The highest BCUT2D eigenvalue weighted by Crippen LogP contribution is 2.27. The summed E-state index contributed by atoms with van der Waals surface area (Å²) in [6.07, 6.45) is 0.497. The number of nitrogens with two attached hydrogens (primary N) is 4. The number of amides is 1. The Bertz CT molecular complexity index is 1770. The quantitative estimate of drug-likeness (QED) is 0.0495. The molecule has 1 aromatic rings. The number of aromatic nitrogens is 4. The van der Waals surface area contributed by atoms with Crippen LogP contribution in [0.25, 0.3) is 22.6 Å². The normalized spacial score (nSPS) is 23.1. The Morgan fingerprint density at radius 3 is 2.40 bits per heavy atom. The number of ether oxygens (including phenoxy) is 2. The van der Waals surface area contributed by atoms with Gasteiger partial charge in [0, 0.05) is 38.2 Å². The van der Waals surface area contributed by atoms with E-state index in [0.717, 1.165) is 48.7 Å². The van der Waals surface area contributed by atoms with Crippen LogP contribution in [0.5, 0.6) is 0 Å². The molecule has 17 heteroatoms. The van der Waals surface area contributed by atoms with Gasteiger partial charge >= 0.3 is 5.69 Å². The molecular weight excluding hydrogens is 710 g/mol. The molecule has 0 saturated heterocycles. The zero-order valence-electron chi connectivity index (χ0n) is 32.7. The van der Waals surface area contributed by atoms with Crippen molar-refractivity contribution in [1.29, 1.82) is 0 Å². The fourth-order valence-electron chi connectivity index (χ4n) is 7.09. The van der Waals surface area contributed by atoms with Crippen LogP contribution >= 0.6 is 0 Å². The highest BCUT2D eigenvalue weighted by molar-refractivity contribution is 5.81. The van der Waals surface area contributed by atoms with Gasteiger partial charge in [-0.1, -0.05) is 26.2 Å². The molecule has 10 unspecified atom stereocenters. The Balaban J connectivity index is 1.14. The fourth-order valence-corrected chi connectivity index (χ4v) is 7.09. The number of hydrogen-bond donors (Lipinski definition) is 9. The van der Waals surface area contributed by atoms with Crippen LogP contribution in [0.1, 0.15) is 82.8 Å². The highest BCUT2D eigenvalue weighted by atomic mass is 16.6. The van der Waals surface area contributed by atoms with Gasteiger partial charge in [0.2, 0.25) is 5.91 Å². The molecule has 1 aromatic carbocycles. The molecule has 1 amide bonds. The van der Waals surface area contributed by atoms with Crippen molar-refractivity contribution in [3.63, 3.8) is 0 Å². The standard InChI is InChI=1S/C38H63N9O8/c1-20-16-26-27(17-21(20)2)47(36-30(44-26)37(52)46-38(53)45-36)14-10-7-8-12-28(48)43-13-9-5-6-11-15-54-35-32(50)24(40)18-25(41)34(35)55-23(4)29(42)33(51)31(49)22(3)19-39/h16-17,22-25,29,31-35,49-51H,5-15,18-19,39-42H2,1-4H3,(H,43,48)(H,46,52,53). The second kappa shape index (κ2) is 20.7. The van der Waals surface area contributed by atoms with Gasteiger partial charge in [0.1, 0.15) is 12.2 Å². The summed E-state index contributed by atoms with van der Waals surface area (Å²) in [6, 6.07) is 1.88. The van der Waals surface area contributed by atoms with E-state index in [4.69, 9.17) is 32.4 Å². The molecule has 10 atom stereocenters. The van der Waals surface area contributed by atoms with Crippen LogP contribution in [0.2, 0.25) is 0 Å². The number of fused-ring (bicyclic) bond motifs is 2. The molecule has 4 rings (SSSR count). The molecule has 2 heterocycles. The van der Waals surface area contributed by atoms with E-state index in [1.54, 1.807) is 13.8 Å². The van der Waals surface area contributed by atoms with Crippen LogP contribution in [0, 0.1) is 19.8 Å². The van der Waals surface area contributed by atoms with E-state index < -0.39 is 66.0 Å². The number of aliphatic hydroxyl groups is 3. The van der Waals surface area contributed by atoms with Gasteiger partial charge in [0.15, 0.2) is 11.5 Å². The van der Waals surface area contributed by atoms with Crippen molar-refractivity contribution in [1.82, 2.24) is 24.8 Å². The van der Waals surface area contributed by atoms with E-state index in [2.05, 4.69) is 20.3 Å². The summed E-state index contributed by atoms with van der Waals surface area (Å²) >= 11 is 0. The molecule has 13 N–H and O–H groups in total. The molecule has 0 bridgehead atoms. The SMILES string of the molecule is Cc1cc2nc3c(=O)[nH]c(=O)nc-3n(CCCCCC(=O)NCCCCCCOC3C(O)C(N)CC(N)C3OC(C)C(N)C(O)C(O)C(C)CN)c2cc1C. The van der Waals surface area contributed by atoms with Crippen LogP contribution in [-0.4, -0.2) is 115 Å². The summed E-state index contributed by atoms with van der Waals surface area (Å²) in [6.45, 7) is 8.99. The van der Waals surface area contributed by atoms with Crippen LogP contribution in [0.4, 0.5) is 0 Å². The Labute approximate surface area is 321 Å². The summed E-state index contributed by atoms with van der Waals surface area (Å²) in [5.74, 6) is -0.119. The molecule has 0 spiro atoms. The van der Waals surface area contributed by atoms with E-state index in [9.17, 15) is 29.7 Å². The van der Waals surface area contributed by atoms with Crippen molar-refractivity contribution < 1.29 is 29.6 Å². The Morgan fingerprint density at radius 1 is 0.982 bits per heavy atom. The van der Waals surface area contributed by atoms with Crippen molar-refractivity contribution in [2.75, 3.05) is 19.7 Å². The summed E-state index contributed by atoms with van der Waals surface area (Å²) in [5.41, 5.74) is 26.8. The van der Waals surface area contributed by atoms with Crippen molar-refractivity contribution in [3.05, 3.63) is 44.1 Å². The maximum Gasteiger partial charge on any atom is 0.349 e. The van der Waals surface area contributed by atoms with Gasteiger partial charge in [0.25, 0.3) is 5.56 Å². The first-order chi connectivity index (χ1) is 26.1. The largest absolute Gasteiger partial charge is 0.390 e. The number of nitrogens with one attached hydrogen (secondary N) is 2. The number of H-pyrrole nitrogens is 1. The Hall–Kier alpha value is -3.39. The number of rotatable bonds is 21. The Kier molecular flexibility index (Phi) is 16.7. The summed E-state index contributed by atoms with van der Waals surface area (Å²) in [4.78, 5) is 47.8. The van der Waals surface area contributed by atoms with Crippen molar-refractivity contribution >= 4 is 16.9 Å². The molecule has 1 fully saturated rings. The van der Waals surface area contributed by atoms with Gasteiger partial charge in [0.05, 0.1) is 41.5 Å². The molecule has 55 heavy (non-hydrogen) atoms. The molecule has 1 saturated carbocycles. The summed E-state index contributed by atoms with van der Waals surface area (Å²) in [5, 5.41) is 34.8.